The van der Waals surface area contributed by atoms with E-state index in [0.717, 1.165) is 0 Å². The second-order valence-electron chi connectivity index (χ2n) is 2.97. The standard InChI is InChI=1S/C6H7F3O3/c7-6(8,9)5(12)1-3(2-5)4(10)11/h3,12H,1-2H2,(H,10,11). The van der Waals surface area contributed by atoms with Crippen LogP contribution in [0, 0.1) is 5.92 Å². The van der Waals surface area contributed by atoms with Crippen molar-refractivity contribution in [1.29, 1.82) is 0 Å². The zero-order valence-electron chi connectivity index (χ0n) is 5.93. The first kappa shape index (κ1) is 9.31. The second-order valence-corrected chi connectivity index (χ2v) is 2.97. The summed E-state index contributed by atoms with van der Waals surface area (Å²) in [5.74, 6) is -2.35. The quantitative estimate of drug-likeness (QED) is 0.632. The molecule has 0 spiro atoms. The second kappa shape index (κ2) is 2.35. The number of rotatable bonds is 1. The maximum Gasteiger partial charge on any atom is 0.417 e. The van der Waals surface area contributed by atoms with E-state index in [1.165, 1.54) is 0 Å². The van der Waals surface area contributed by atoms with Crippen LogP contribution in [0.4, 0.5) is 13.2 Å². The molecule has 0 saturated heterocycles. The maximum absolute atomic E-state index is 11.9. The van der Waals surface area contributed by atoms with Crippen LogP contribution < -0.4 is 0 Å². The summed E-state index contributed by atoms with van der Waals surface area (Å²) >= 11 is 0. The zero-order valence-corrected chi connectivity index (χ0v) is 5.93. The van der Waals surface area contributed by atoms with Crippen molar-refractivity contribution in [2.24, 2.45) is 5.92 Å². The van der Waals surface area contributed by atoms with Gasteiger partial charge in [-0.05, 0) is 12.8 Å². The van der Waals surface area contributed by atoms with Gasteiger partial charge in [-0.25, -0.2) is 0 Å². The summed E-state index contributed by atoms with van der Waals surface area (Å²) in [5.41, 5.74) is -2.77. The van der Waals surface area contributed by atoms with Crippen LogP contribution in [-0.2, 0) is 4.79 Å². The van der Waals surface area contributed by atoms with E-state index in [2.05, 4.69) is 0 Å². The molecule has 3 nitrogen and oxygen atoms in total. The Labute approximate surface area is 65.8 Å². The van der Waals surface area contributed by atoms with Gasteiger partial charge in [-0.3, -0.25) is 4.79 Å². The van der Waals surface area contributed by atoms with Gasteiger partial charge in [0.25, 0.3) is 0 Å². The number of carboxylic acid groups (broad SMARTS) is 1. The Morgan fingerprint density at radius 1 is 1.42 bits per heavy atom. The molecule has 12 heavy (non-hydrogen) atoms. The lowest BCUT2D eigenvalue weighted by Gasteiger charge is -2.42. The summed E-state index contributed by atoms with van der Waals surface area (Å²) in [6, 6.07) is 0. The van der Waals surface area contributed by atoms with Gasteiger partial charge in [0, 0.05) is 0 Å². The molecule has 1 aliphatic carbocycles. The third-order valence-corrected chi connectivity index (χ3v) is 2.05. The third-order valence-electron chi connectivity index (χ3n) is 2.05. The summed E-state index contributed by atoms with van der Waals surface area (Å²) in [5, 5.41) is 17.0. The van der Waals surface area contributed by atoms with Gasteiger partial charge in [0.05, 0.1) is 5.92 Å². The molecule has 0 aromatic carbocycles. The number of alkyl halides is 3. The predicted molar refractivity (Wildman–Crippen MR) is 31.4 cm³/mol. The van der Waals surface area contributed by atoms with Crippen LogP contribution in [0.2, 0.25) is 0 Å². The molecule has 0 heterocycles. The molecule has 0 atom stereocenters. The molecule has 0 radical (unpaired) electrons. The smallest absolute Gasteiger partial charge is 0.417 e. The molecule has 1 fully saturated rings. The third kappa shape index (κ3) is 1.26. The lowest BCUT2D eigenvalue weighted by Crippen LogP contribution is -2.56. The highest BCUT2D eigenvalue weighted by Gasteiger charge is 2.62. The van der Waals surface area contributed by atoms with Gasteiger partial charge in [-0.15, -0.1) is 0 Å². The van der Waals surface area contributed by atoms with Gasteiger partial charge in [-0.2, -0.15) is 13.2 Å². The summed E-state index contributed by atoms with van der Waals surface area (Å²) in [6.07, 6.45) is -6.17. The van der Waals surface area contributed by atoms with E-state index in [1.807, 2.05) is 0 Å². The van der Waals surface area contributed by atoms with Crippen molar-refractivity contribution in [3.05, 3.63) is 0 Å². The Morgan fingerprint density at radius 2 is 1.83 bits per heavy atom. The molecular formula is C6H7F3O3. The van der Waals surface area contributed by atoms with Crippen LogP contribution >= 0.6 is 0 Å². The largest absolute Gasteiger partial charge is 0.481 e. The van der Waals surface area contributed by atoms with Gasteiger partial charge < -0.3 is 10.2 Å². The van der Waals surface area contributed by atoms with Crippen molar-refractivity contribution in [3.8, 4) is 0 Å². The molecule has 0 bridgehead atoms. The minimum atomic E-state index is -4.71. The zero-order chi connectivity index (χ0) is 9.57. The summed E-state index contributed by atoms with van der Waals surface area (Å²) in [7, 11) is 0. The summed E-state index contributed by atoms with van der Waals surface area (Å²) in [6.45, 7) is 0. The van der Waals surface area contributed by atoms with Crippen molar-refractivity contribution >= 4 is 5.97 Å². The number of aliphatic hydroxyl groups is 1. The van der Waals surface area contributed by atoms with E-state index in [4.69, 9.17) is 10.2 Å². The van der Waals surface area contributed by atoms with Crippen molar-refractivity contribution in [2.75, 3.05) is 0 Å². The average molecular weight is 184 g/mol. The first-order valence-corrected chi connectivity index (χ1v) is 3.28. The number of hydrogen-bond acceptors (Lipinski definition) is 2. The topological polar surface area (TPSA) is 57.5 Å². The van der Waals surface area contributed by atoms with E-state index in [1.54, 1.807) is 0 Å². The lowest BCUT2D eigenvalue weighted by atomic mass is 9.70. The Morgan fingerprint density at radius 3 is 2.08 bits per heavy atom. The molecular weight excluding hydrogens is 177 g/mol. The normalized spacial score (nSPS) is 35.8. The van der Waals surface area contributed by atoms with Gasteiger partial charge in [0.2, 0.25) is 0 Å². The summed E-state index contributed by atoms with van der Waals surface area (Å²) < 4.78 is 35.6. The fourth-order valence-corrected chi connectivity index (χ4v) is 1.16. The Bertz CT molecular complexity index is 205. The van der Waals surface area contributed by atoms with Crippen molar-refractivity contribution in [1.82, 2.24) is 0 Å². The van der Waals surface area contributed by atoms with Crippen molar-refractivity contribution in [2.45, 2.75) is 24.6 Å². The molecule has 0 aliphatic heterocycles. The predicted octanol–water partition coefficient (Wildman–Crippen LogP) is 0.774. The van der Waals surface area contributed by atoms with Crippen molar-refractivity contribution in [3.63, 3.8) is 0 Å². The fraction of sp³-hybridized carbons (Fsp3) is 0.833. The van der Waals surface area contributed by atoms with Crippen molar-refractivity contribution < 1.29 is 28.2 Å². The van der Waals surface area contributed by atoms with E-state index in [-0.39, 0.29) is 0 Å². The van der Waals surface area contributed by atoms with Gasteiger partial charge >= 0.3 is 12.1 Å². The van der Waals surface area contributed by atoms with Gasteiger partial charge in [-0.1, -0.05) is 0 Å². The number of hydrogen-bond donors (Lipinski definition) is 2. The van der Waals surface area contributed by atoms with Gasteiger partial charge in [0.15, 0.2) is 5.60 Å². The highest BCUT2D eigenvalue weighted by molar-refractivity contribution is 5.71. The fourth-order valence-electron chi connectivity index (χ4n) is 1.16. The molecule has 0 unspecified atom stereocenters. The molecule has 0 aromatic rings. The molecule has 0 aromatic heterocycles. The van der Waals surface area contributed by atoms with Crippen LogP contribution in [0.1, 0.15) is 12.8 Å². The van der Waals surface area contributed by atoms with Gasteiger partial charge in [0.1, 0.15) is 0 Å². The number of halogens is 3. The van der Waals surface area contributed by atoms with E-state index >= 15 is 0 Å². The van der Waals surface area contributed by atoms with Crippen LogP contribution in [0.25, 0.3) is 0 Å². The molecule has 2 N–H and O–H groups in total. The van der Waals surface area contributed by atoms with Crippen LogP contribution in [0.5, 0.6) is 0 Å². The van der Waals surface area contributed by atoms with Crippen LogP contribution in [-0.4, -0.2) is 28.0 Å². The number of carbonyl (C=O) groups is 1. The first-order chi connectivity index (χ1) is 5.26. The van der Waals surface area contributed by atoms with Crippen LogP contribution in [0.15, 0.2) is 0 Å². The summed E-state index contributed by atoms with van der Waals surface area (Å²) in [4.78, 5) is 10.1. The first-order valence-electron chi connectivity index (χ1n) is 3.28. The molecule has 70 valence electrons. The average Bonchev–Trinajstić information content (AvgIpc) is 1.77. The van der Waals surface area contributed by atoms with E-state index in [9.17, 15) is 18.0 Å². The molecule has 1 rings (SSSR count). The van der Waals surface area contributed by atoms with E-state index in [0.29, 0.717) is 0 Å². The Balaban J connectivity index is 2.57. The van der Waals surface area contributed by atoms with E-state index < -0.39 is 36.5 Å². The number of carboxylic acids is 1. The van der Waals surface area contributed by atoms with Crippen LogP contribution in [0.3, 0.4) is 0 Å². The lowest BCUT2D eigenvalue weighted by molar-refractivity contribution is -0.297. The molecule has 1 aliphatic rings. The molecule has 6 heteroatoms. The minimum Gasteiger partial charge on any atom is -0.481 e. The molecule has 0 amide bonds. The SMILES string of the molecule is O=C(O)C1CC(O)(C(F)(F)F)C1. The monoisotopic (exact) mass is 184 g/mol. The molecule has 1 saturated carbocycles. The Kier molecular flexibility index (Phi) is 1.82. The highest BCUT2D eigenvalue weighted by Crippen LogP contribution is 2.48. The maximum atomic E-state index is 11.9. The highest BCUT2D eigenvalue weighted by atomic mass is 19.4. The number of aliphatic carboxylic acids is 1. The Hall–Kier alpha value is -0.780. The minimum absolute atomic E-state index is 0.730.